The third-order valence-corrected chi connectivity index (χ3v) is 4.23. The van der Waals surface area contributed by atoms with Crippen LogP contribution in [0.3, 0.4) is 0 Å². The van der Waals surface area contributed by atoms with Gasteiger partial charge in [0.25, 0.3) is 0 Å². The van der Waals surface area contributed by atoms with Gasteiger partial charge in [0.1, 0.15) is 0 Å². The van der Waals surface area contributed by atoms with Gasteiger partial charge in [0, 0.05) is 36.1 Å². The molecule has 6 heteroatoms. The molecule has 0 bridgehead atoms. The minimum atomic E-state index is -0.639. The zero-order chi connectivity index (χ0) is 15.7. The van der Waals surface area contributed by atoms with Crippen molar-refractivity contribution in [3.8, 4) is 0 Å². The Hall–Kier alpha value is -2.34. The number of anilines is 1. The first-order chi connectivity index (χ1) is 10.6. The van der Waals surface area contributed by atoms with E-state index in [9.17, 15) is 14.7 Å². The molecule has 2 unspecified atom stereocenters. The number of hydrogen-bond acceptors (Lipinski definition) is 3. The Morgan fingerprint density at radius 1 is 1.41 bits per heavy atom. The average molecular weight is 301 g/mol. The van der Waals surface area contributed by atoms with Crippen molar-refractivity contribution < 1.29 is 14.7 Å². The van der Waals surface area contributed by atoms with Crippen LogP contribution in [-0.2, 0) is 9.59 Å². The van der Waals surface area contributed by atoms with Crippen molar-refractivity contribution in [2.45, 2.75) is 19.4 Å². The fraction of sp³-hybridized carbons (Fsp3) is 0.375. The summed E-state index contributed by atoms with van der Waals surface area (Å²) in [5.41, 5.74) is 1.52. The molecule has 2 aromatic rings. The Balaban J connectivity index is 1.70. The molecular weight excluding hydrogens is 282 g/mol. The Labute approximate surface area is 128 Å². The zero-order valence-corrected chi connectivity index (χ0v) is 12.4. The lowest BCUT2D eigenvalue weighted by molar-refractivity contribution is -0.142. The van der Waals surface area contributed by atoms with Crippen molar-refractivity contribution in [2.24, 2.45) is 5.92 Å². The van der Waals surface area contributed by atoms with E-state index in [0.717, 1.165) is 17.3 Å². The molecule has 3 N–H and O–H groups in total. The van der Waals surface area contributed by atoms with Crippen LogP contribution in [-0.4, -0.2) is 46.0 Å². The van der Waals surface area contributed by atoms with E-state index >= 15 is 0 Å². The molecule has 1 aliphatic rings. The van der Waals surface area contributed by atoms with Crippen molar-refractivity contribution in [1.29, 1.82) is 0 Å². The average Bonchev–Trinajstić information content (AvgIpc) is 3.15. The highest BCUT2D eigenvalue weighted by Gasteiger charge is 2.32. The molecule has 1 saturated heterocycles. The molecule has 1 aromatic carbocycles. The Kier molecular flexibility index (Phi) is 3.85. The minimum absolute atomic E-state index is 0.0462. The predicted octanol–water partition coefficient (Wildman–Crippen LogP) is 1.34. The molecule has 3 rings (SSSR count). The number of amides is 2. The summed E-state index contributed by atoms with van der Waals surface area (Å²) in [6.45, 7) is 2.65. The van der Waals surface area contributed by atoms with Crippen LogP contribution >= 0.6 is 0 Å². The molecule has 0 saturated carbocycles. The third kappa shape index (κ3) is 2.69. The largest absolute Gasteiger partial charge is 0.393 e. The molecule has 1 fully saturated rings. The van der Waals surface area contributed by atoms with Gasteiger partial charge >= 0.3 is 11.8 Å². The van der Waals surface area contributed by atoms with Gasteiger partial charge in [0.05, 0.1) is 11.8 Å². The summed E-state index contributed by atoms with van der Waals surface area (Å²) in [7, 11) is 0. The number of rotatable bonds is 2. The van der Waals surface area contributed by atoms with Crippen LogP contribution < -0.4 is 5.32 Å². The lowest BCUT2D eigenvalue weighted by atomic mass is 10.0. The Bertz CT molecular complexity index is 707. The smallest absolute Gasteiger partial charge is 0.313 e. The number of benzene rings is 1. The van der Waals surface area contributed by atoms with Crippen LogP contribution in [0, 0.1) is 5.92 Å². The van der Waals surface area contributed by atoms with E-state index in [1.54, 1.807) is 19.2 Å². The highest BCUT2D eigenvalue weighted by molar-refractivity contribution is 6.40. The summed E-state index contributed by atoms with van der Waals surface area (Å²) in [6, 6.07) is 7.34. The van der Waals surface area contributed by atoms with Gasteiger partial charge in [-0.25, -0.2) is 0 Å². The topological polar surface area (TPSA) is 85.4 Å². The normalized spacial score (nSPS) is 19.4. The van der Waals surface area contributed by atoms with Crippen molar-refractivity contribution in [1.82, 2.24) is 9.88 Å². The summed E-state index contributed by atoms with van der Waals surface area (Å²) in [6.07, 6.45) is 2.05. The molecule has 0 aliphatic carbocycles. The fourth-order valence-electron chi connectivity index (χ4n) is 2.88. The minimum Gasteiger partial charge on any atom is -0.393 e. The standard InChI is InChI=1S/C16H19N3O3/c1-10(20)11-6-8-19(9-11)16(22)15(21)18-14-4-2-3-13-12(14)5-7-17-13/h2-5,7,10-11,17,20H,6,8-9H2,1H3,(H,18,21). The van der Waals surface area contributed by atoms with Crippen LogP contribution in [0.4, 0.5) is 5.69 Å². The van der Waals surface area contributed by atoms with Crippen molar-refractivity contribution >= 4 is 28.4 Å². The second-order valence-corrected chi connectivity index (χ2v) is 5.74. The van der Waals surface area contributed by atoms with Gasteiger partial charge in [-0.05, 0) is 31.5 Å². The van der Waals surface area contributed by atoms with Gasteiger partial charge in [-0.1, -0.05) is 6.07 Å². The molecule has 1 aromatic heterocycles. The Morgan fingerprint density at radius 2 is 2.23 bits per heavy atom. The van der Waals surface area contributed by atoms with Crippen molar-refractivity contribution in [3.63, 3.8) is 0 Å². The number of aromatic amines is 1. The number of likely N-dealkylation sites (tertiary alicyclic amines) is 1. The first-order valence-electron chi connectivity index (χ1n) is 7.40. The van der Waals surface area contributed by atoms with Gasteiger partial charge in [0.2, 0.25) is 0 Å². The van der Waals surface area contributed by atoms with E-state index in [0.29, 0.717) is 18.8 Å². The molecule has 22 heavy (non-hydrogen) atoms. The van der Waals surface area contributed by atoms with Gasteiger partial charge in [-0.3, -0.25) is 9.59 Å². The van der Waals surface area contributed by atoms with Crippen LogP contribution in [0.1, 0.15) is 13.3 Å². The maximum absolute atomic E-state index is 12.2. The number of carbonyl (C=O) groups excluding carboxylic acids is 2. The molecule has 0 spiro atoms. The molecule has 2 atom stereocenters. The lowest BCUT2D eigenvalue weighted by Crippen LogP contribution is -2.38. The second kappa shape index (κ2) is 5.81. The summed E-state index contributed by atoms with van der Waals surface area (Å²) < 4.78 is 0. The quantitative estimate of drug-likeness (QED) is 0.732. The fourth-order valence-corrected chi connectivity index (χ4v) is 2.88. The predicted molar refractivity (Wildman–Crippen MR) is 83.3 cm³/mol. The number of hydrogen-bond donors (Lipinski definition) is 3. The number of aliphatic hydroxyl groups excluding tert-OH is 1. The van der Waals surface area contributed by atoms with Crippen molar-refractivity contribution in [2.75, 3.05) is 18.4 Å². The second-order valence-electron chi connectivity index (χ2n) is 5.74. The summed E-state index contributed by atoms with van der Waals surface area (Å²) in [5, 5.41) is 13.1. The lowest BCUT2D eigenvalue weighted by Gasteiger charge is -2.17. The van der Waals surface area contributed by atoms with Crippen LogP contribution in [0.5, 0.6) is 0 Å². The molecule has 116 valence electrons. The van der Waals surface area contributed by atoms with Gasteiger partial charge in [-0.2, -0.15) is 0 Å². The molecular formula is C16H19N3O3. The molecule has 1 aliphatic heterocycles. The van der Waals surface area contributed by atoms with E-state index in [1.807, 2.05) is 18.2 Å². The summed E-state index contributed by atoms with van der Waals surface area (Å²) in [4.78, 5) is 28.9. The highest BCUT2D eigenvalue weighted by Crippen LogP contribution is 2.23. The maximum Gasteiger partial charge on any atom is 0.313 e. The van der Waals surface area contributed by atoms with Crippen molar-refractivity contribution in [3.05, 3.63) is 30.5 Å². The number of nitrogens with one attached hydrogen (secondary N) is 2. The maximum atomic E-state index is 12.2. The van der Waals surface area contributed by atoms with E-state index in [1.165, 1.54) is 4.90 Å². The number of fused-ring (bicyclic) bond motifs is 1. The van der Waals surface area contributed by atoms with Crippen LogP contribution in [0.2, 0.25) is 0 Å². The van der Waals surface area contributed by atoms with Gasteiger partial charge < -0.3 is 20.3 Å². The van der Waals surface area contributed by atoms with Gasteiger partial charge in [-0.15, -0.1) is 0 Å². The molecule has 2 amide bonds. The number of H-pyrrole nitrogens is 1. The number of aromatic nitrogens is 1. The first kappa shape index (κ1) is 14.6. The monoisotopic (exact) mass is 301 g/mol. The van der Waals surface area contributed by atoms with E-state index in [-0.39, 0.29) is 5.92 Å². The third-order valence-electron chi connectivity index (χ3n) is 4.23. The zero-order valence-electron chi connectivity index (χ0n) is 12.4. The molecule has 6 nitrogen and oxygen atoms in total. The van der Waals surface area contributed by atoms with E-state index < -0.39 is 17.9 Å². The molecule has 2 heterocycles. The number of carbonyl (C=O) groups is 2. The van der Waals surface area contributed by atoms with Crippen LogP contribution in [0.25, 0.3) is 10.9 Å². The number of aliphatic hydroxyl groups is 1. The SMILES string of the molecule is CC(O)C1CCN(C(=O)C(=O)Nc2cccc3[nH]ccc23)C1. The van der Waals surface area contributed by atoms with E-state index in [2.05, 4.69) is 10.3 Å². The van der Waals surface area contributed by atoms with E-state index in [4.69, 9.17) is 0 Å². The first-order valence-corrected chi connectivity index (χ1v) is 7.40. The summed E-state index contributed by atoms with van der Waals surface area (Å²) in [5.74, 6) is -1.14. The number of nitrogens with zero attached hydrogens (tertiary/aromatic N) is 1. The molecule has 0 radical (unpaired) electrons. The Morgan fingerprint density at radius 3 is 2.95 bits per heavy atom. The highest BCUT2D eigenvalue weighted by atomic mass is 16.3. The summed E-state index contributed by atoms with van der Waals surface area (Å²) >= 11 is 0. The van der Waals surface area contributed by atoms with Gasteiger partial charge in [0.15, 0.2) is 0 Å². The van der Waals surface area contributed by atoms with Crippen LogP contribution in [0.15, 0.2) is 30.5 Å².